The summed E-state index contributed by atoms with van der Waals surface area (Å²) in [4.78, 5) is 20.2. The van der Waals surface area contributed by atoms with Crippen molar-refractivity contribution in [3.63, 3.8) is 0 Å². The van der Waals surface area contributed by atoms with Gasteiger partial charge < -0.3 is 14.4 Å². The molecule has 2 aliphatic heterocycles. The topological polar surface area (TPSA) is 51.7 Å². The molecular weight excluding hydrogens is 412 g/mol. The molecule has 5 rings (SSSR count). The number of fused-ring (bicyclic) bond motifs is 1. The number of carbonyl (C=O) groups is 1. The number of likely N-dealkylation sites (tertiary alicyclic amines) is 1. The number of methoxy groups -OCH3 is 1. The fraction of sp³-hybridized carbons (Fsp3) is 0.357. The summed E-state index contributed by atoms with van der Waals surface area (Å²) in [6, 6.07) is 18.5. The van der Waals surface area contributed by atoms with Crippen LogP contribution in [-0.2, 0) is 17.6 Å². The van der Waals surface area contributed by atoms with Crippen LogP contribution in [0, 0.1) is 6.92 Å². The van der Waals surface area contributed by atoms with Crippen molar-refractivity contribution in [2.75, 3.05) is 13.7 Å². The van der Waals surface area contributed by atoms with Crippen LogP contribution in [0.1, 0.15) is 48.3 Å². The number of benzene rings is 2. The SMILES string of the molecule is COc1ccc(-c2cc(C)nc([C@H]3CCCN3C(=O)Cc3ccc4c(c3)C[C@@H](C)O4)c2)cc1. The van der Waals surface area contributed by atoms with Gasteiger partial charge in [0.2, 0.25) is 5.91 Å². The molecule has 0 unspecified atom stereocenters. The van der Waals surface area contributed by atoms with Crippen LogP contribution >= 0.6 is 0 Å². The van der Waals surface area contributed by atoms with Gasteiger partial charge in [-0.3, -0.25) is 9.78 Å². The van der Waals surface area contributed by atoms with Crippen LogP contribution in [0.5, 0.6) is 11.5 Å². The molecule has 1 fully saturated rings. The number of nitrogens with zero attached hydrogens (tertiary/aromatic N) is 2. The number of ether oxygens (including phenoxy) is 2. The average molecular weight is 443 g/mol. The minimum absolute atomic E-state index is 0.0205. The van der Waals surface area contributed by atoms with Gasteiger partial charge in [-0.15, -0.1) is 0 Å². The molecule has 5 heteroatoms. The highest BCUT2D eigenvalue weighted by Gasteiger charge is 2.31. The number of carbonyl (C=O) groups excluding carboxylic acids is 1. The van der Waals surface area contributed by atoms with Gasteiger partial charge in [0.25, 0.3) is 0 Å². The van der Waals surface area contributed by atoms with Gasteiger partial charge in [-0.25, -0.2) is 0 Å². The molecule has 2 aromatic carbocycles. The van der Waals surface area contributed by atoms with E-state index in [9.17, 15) is 4.79 Å². The van der Waals surface area contributed by atoms with Gasteiger partial charge >= 0.3 is 0 Å². The Morgan fingerprint density at radius 3 is 2.73 bits per heavy atom. The lowest BCUT2D eigenvalue weighted by Gasteiger charge is -2.25. The number of hydrogen-bond donors (Lipinski definition) is 0. The van der Waals surface area contributed by atoms with Crippen molar-refractivity contribution in [1.29, 1.82) is 0 Å². The number of pyridine rings is 1. The zero-order valence-electron chi connectivity index (χ0n) is 19.5. The maximum absolute atomic E-state index is 13.3. The van der Waals surface area contributed by atoms with Crippen molar-refractivity contribution in [2.24, 2.45) is 0 Å². The first-order chi connectivity index (χ1) is 16.0. The predicted molar refractivity (Wildman–Crippen MR) is 129 cm³/mol. The van der Waals surface area contributed by atoms with Gasteiger partial charge in [-0.2, -0.15) is 0 Å². The van der Waals surface area contributed by atoms with Crippen LogP contribution in [0.15, 0.2) is 54.6 Å². The van der Waals surface area contributed by atoms with Gasteiger partial charge in [0.1, 0.15) is 17.6 Å². The van der Waals surface area contributed by atoms with Crippen molar-refractivity contribution in [1.82, 2.24) is 9.88 Å². The molecule has 1 aromatic heterocycles. The molecule has 5 nitrogen and oxygen atoms in total. The van der Waals surface area contributed by atoms with Crippen molar-refractivity contribution >= 4 is 5.91 Å². The highest BCUT2D eigenvalue weighted by molar-refractivity contribution is 5.80. The second-order valence-corrected chi connectivity index (χ2v) is 9.15. The Labute approximate surface area is 195 Å². The molecule has 3 aromatic rings. The molecule has 33 heavy (non-hydrogen) atoms. The fourth-order valence-corrected chi connectivity index (χ4v) is 5.05. The van der Waals surface area contributed by atoms with E-state index in [2.05, 4.69) is 37.3 Å². The number of hydrogen-bond acceptors (Lipinski definition) is 4. The van der Waals surface area contributed by atoms with E-state index in [0.29, 0.717) is 6.42 Å². The summed E-state index contributed by atoms with van der Waals surface area (Å²) in [7, 11) is 1.67. The zero-order chi connectivity index (χ0) is 22.9. The Balaban J connectivity index is 1.36. The van der Waals surface area contributed by atoms with E-state index in [4.69, 9.17) is 14.5 Å². The largest absolute Gasteiger partial charge is 0.497 e. The minimum atomic E-state index is 0.0205. The quantitative estimate of drug-likeness (QED) is 0.538. The summed E-state index contributed by atoms with van der Waals surface area (Å²) in [5, 5.41) is 0. The molecule has 0 aliphatic carbocycles. The van der Waals surface area contributed by atoms with E-state index in [1.165, 1.54) is 5.56 Å². The summed E-state index contributed by atoms with van der Waals surface area (Å²) in [6.45, 7) is 4.88. The third-order valence-electron chi connectivity index (χ3n) is 6.63. The number of rotatable bonds is 5. The molecule has 0 bridgehead atoms. The first-order valence-corrected chi connectivity index (χ1v) is 11.7. The second-order valence-electron chi connectivity index (χ2n) is 9.15. The molecule has 0 N–H and O–H groups in total. The first-order valence-electron chi connectivity index (χ1n) is 11.7. The van der Waals surface area contributed by atoms with Gasteiger partial charge in [-0.1, -0.05) is 24.3 Å². The molecule has 0 spiro atoms. The van der Waals surface area contributed by atoms with Gasteiger partial charge in [0, 0.05) is 18.7 Å². The molecule has 2 atom stereocenters. The van der Waals surface area contributed by atoms with Crippen molar-refractivity contribution in [3.8, 4) is 22.6 Å². The van der Waals surface area contributed by atoms with Gasteiger partial charge in [0.15, 0.2) is 0 Å². The van der Waals surface area contributed by atoms with E-state index in [0.717, 1.165) is 65.4 Å². The molecule has 2 aliphatic rings. The Morgan fingerprint density at radius 2 is 1.94 bits per heavy atom. The number of amides is 1. The van der Waals surface area contributed by atoms with Crippen molar-refractivity contribution in [3.05, 3.63) is 77.1 Å². The zero-order valence-corrected chi connectivity index (χ0v) is 19.5. The standard InChI is InChI=1S/C28H30N2O3/c1-18-13-22(21-7-9-24(32-3)10-8-21)17-25(29-18)26-5-4-12-30(26)28(31)16-20-6-11-27-23(15-20)14-19(2)33-27/h6-11,13,15,17,19,26H,4-5,12,14,16H2,1-3H3/t19-,26-/m1/s1. The Bertz CT molecular complexity index is 1170. The molecule has 1 saturated heterocycles. The minimum Gasteiger partial charge on any atom is -0.497 e. The molecule has 3 heterocycles. The Hall–Kier alpha value is -3.34. The lowest BCUT2D eigenvalue weighted by Crippen LogP contribution is -2.32. The van der Waals surface area contributed by atoms with E-state index in [1.807, 2.05) is 36.1 Å². The molecule has 0 saturated carbocycles. The summed E-state index contributed by atoms with van der Waals surface area (Å²) in [5.74, 6) is 1.95. The number of aromatic nitrogens is 1. The Kier molecular flexibility index (Phi) is 5.79. The summed E-state index contributed by atoms with van der Waals surface area (Å²) in [5.41, 5.74) is 6.43. The first kappa shape index (κ1) is 21.5. The van der Waals surface area contributed by atoms with Crippen LogP contribution in [0.4, 0.5) is 0 Å². The average Bonchev–Trinajstić information content (AvgIpc) is 3.44. The predicted octanol–water partition coefficient (Wildman–Crippen LogP) is 5.30. The maximum atomic E-state index is 13.3. The normalized spacial score (nSPS) is 19.3. The van der Waals surface area contributed by atoms with E-state index >= 15 is 0 Å². The molecule has 1 amide bonds. The van der Waals surface area contributed by atoms with E-state index in [1.54, 1.807) is 7.11 Å². The fourth-order valence-electron chi connectivity index (χ4n) is 5.05. The van der Waals surface area contributed by atoms with Crippen molar-refractivity contribution in [2.45, 2.75) is 51.7 Å². The lowest BCUT2D eigenvalue weighted by molar-refractivity contribution is -0.131. The second kappa shape index (κ2) is 8.89. The molecule has 170 valence electrons. The Morgan fingerprint density at radius 1 is 1.12 bits per heavy atom. The lowest BCUT2D eigenvalue weighted by atomic mass is 10.0. The summed E-state index contributed by atoms with van der Waals surface area (Å²) < 4.78 is 11.1. The van der Waals surface area contributed by atoms with Crippen molar-refractivity contribution < 1.29 is 14.3 Å². The highest BCUT2D eigenvalue weighted by Crippen LogP contribution is 2.35. The maximum Gasteiger partial charge on any atom is 0.227 e. The van der Waals surface area contributed by atoms with Crippen LogP contribution < -0.4 is 9.47 Å². The molecular formula is C28H30N2O3. The van der Waals surface area contributed by atoms with Gasteiger partial charge in [0.05, 0.1) is 25.3 Å². The van der Waals surface area contributed by atoms with Crippen LogP contribution in [-0.4, -0.2) is 35.5 Å². The highest BCUT2D eigenvalue weighted by atomic mass is 16.5. The third-order valence-corrected chi connectivity index (χ3v) is 6.63. The van der Waals surface area contributed by atoms with Crippen LogP contribution in [0.25, 0.3) is 11.1 Å². The van der Waals surface area contributed by atoms with E-state index in [-0.39, 0.29) is 18.1 Å². The van der Waals surface area contributed by atoms with E-state index < -0.39 is 0 Å². The smallest absolute Gasteiger partial charge is 0.227 e. The third kappa shape index (κ3) is 4.45. The number of aryl methyl sites for hydroxylation is 1. The van der Waals surface area contributed by atoms with Crippen LogP contribution in [0.3, 0.4) is 0 Å². The molecule has 0 radical (unpaired) electrons. The monoisotopic (exact) mass is 442 g/mol. The summed E-state index contributed by atoms with van der Waals surface area (Å²) in [6.07, 6.45) is 3.47. The van der Waals surface area contributed by atoms with Crippen LogP contribution in [0.2, 0.25) is 0 Å². The van der Waals surface area contributed by atoms with Gasteiger partial charge in [-0.05, 0) is 79.3 Å². The summed E-state index contributed by atoms with van der Waals surface area (Å²) >= 11 is 0.